The van der Waals surface area contributed by atoms with E-state index >= 15 is 0 Å². The second kappa shape index (κ2) is 7.30. The summed E-state index contributed by atoms with van der Waals surface area (Å²) in [5.41, 5.74) is 1.03. The van der Waals surface area contributed by atoms with Crippen molar-refractivity contribution in [1.82, 2.24) is 5.32 Å². The first-order valence-corrected chi connectivity index (χ1v) is 10.4. The molecule has 5 heteroatoms. The second-order valence-corrected chi connectivity index (χ2v) is 8.59. The lowest BCUT2D eigenvalue weighted by atomic mass is 9.78. The number of rotatable bonds is 4. The zero-order valence-electron chi connectivity index (χ0n) is 16.4. The molecule has 0 aromatic heterocycles. The lowest BCUT2D eigenvalue weighted by Crippen LogP contribution is -2.49. The summed E-state index contributed by atoms with van der Waals surface area (Å²) < 4.78 is 11.9. The lowest BCUT2D eigenvalue weighted by Gasteiger charge is -2.35. The van der Waals surface area contributed by atoms with Gasteiger partial charge in [0, 0.05) is 0 Å². The SMILES string of the molecule is CC1CC2C(C1)C1NC2C(OC(=O)c2ccccc2)C1OC(=O)c1ccccc1. The molecule has 150 valence electrons. The first-order valence-electron chi connectivity index (χ1n) is 10.4. The Hall–Kier alpha value is -2.66. The van der Waals surface area contributed by atoms with E-state index in [0.717, 1.165) is 12.8 Å². The minimum absolute atomic E-state index is 0.0381. The van der Waals surface area contributed by atoms with E-state index in [-0.39, 0.29) is 24.0 Å². The minimum Gasteiger partial charge on any atom is -0.453 e. The van der Waals surface area contributed by atoms with E-state index in [1.54, 1.807) is 24.3 Å². The van der Waals surface area contributed by atoms with Crippen molar-refractivity contribution in [2.45, 2.75) is 44.1 Å². The molecule has 1 saturated carbocycles. The third-order valence-electron chi connectivity index (χ3n) is 6.74. The average Bonchev–Trinajstić information content (AvgIpc) is 3.39. The summed E-state index contributed by atoms with van der Waals surface area (Å²) in [6.45, 7) is 2.27. The van der Waals surface area contributed by atoms with Gasteiger partial charge in [-0.3, -0.25) is 0 Å². The molecule has 6 atom stereocenters. The highest BCUT2D eigenvalue weighted by Gasteiger charge is 2.63. The normalized spacial score (nSPS) is 34.6. The quantitative estimate of drug-likeness (QED) is 0.809. The highest BCUT2D eigenvalue weighted by molar-refractivity contribution is 5.90. The molecule has 5 rings (SSSR count). The Morgan fingerprint density at radius 3 is 1.59 bits per heavy atom. The van der Waals surface area contributed by atoms with Gasteiger partial charge in [0.25, 0.3) is 0 Å². The maximum Gasteiger partial charge on any atom is 0.338 e. The first-order chi connectivity index (χ1) is 14.1. The minimum atomic E-state index is -0.466. The van der Waals surface area contributed by atoms with Gasteiger partial charge in [0.05, 0.1) is 23.2 Å². The van der Waals surface area contributed by atoms with Crippen LogP contribution in [0.5, 0.6) is 0 Å². The smallest absolute Gasteiger partial charge is 0.338 e. The van der Waals surface area contributed by atoms with Crippen LogP contribution in [0.2, 0.25) is 0 Å². The van der Waals surface area contributed by atoms with E-state index in [9.17, 15) is 9.59 Å². The summed E-state index contributed by atoms with van der Waals surface area (Å²) in [4.78, 5) is 25.5. The van der Waals surface area contributed by atoms with E-state index in [1.165, 1.54) is 0 Å². The Kier molecular flexibility index (Phi) is 4.63. The van der Waals surface area contributed by atoms with Crippen LogP contribution in [0.25, 0.3) is 0 Å². The Labute approximate surface area is 170 Å². The summed E-state index contributed by atoms with van der Waals surface area (Å²) in [5.74, 6) is 0.846. The van der Waals surface area contributed by atoms with E-state index in [4.69, 9.17) is 9.47 Å². The maximum absolute atomic E-state index is 12.7. The molecule has 0 amide bonds. The Morgan fingerprint density at radius 2 is 1.17 bits per heavy atom. The van der Waals surface area contributed by atoms with Gasteiger partial charge in [0.1, 0.15) is 0 Å². The van der Waals surface area contributed by atoms with Crippen molar-refractivity contribution in [1.29, 1.82) is 0 Å². The van der Waals surface area contributed by atoms with E-state index in [1.807, 2.05) is 36.4 Å². The molecular weight excluding hydrogens is 366 g/mol. The molecule has 0 radical (unpaired) electrons. The van der Waals surface area contributed by atoms with Crippen LogP contribution in [0, 0.1) is 17.8 Å². The second-order valence-electron chi connectivity index (χ2n) is 8.59. The maximum atomic E-state index is 12.7. The number of fused-ring (bicyclic) bond motifs is 5. The predicted molar refractivity (Wildman–Crippen MR) is 107 cm³/mol. The van der Waals surface area contributed by atoms with Gasteiger partial charge in [-0.2, -0.15) is 0 Å². The topological polar surface area (TPSA) is 64.6 Å². The van der Waals surface area contributed by atoms with Crippen LogP contribution < -0.4 is 5.32 Å². The van der Waals surface area contributed by atoms with Gasteiger partial charge < -0.3 is 14.8 Å². The summed E-state index contributed by atoms with van der Waals surface area (Å²) in [6, 6.07) is 18.1. The molecule has 3 fully saturated rings. The molecule has 29 heavy (non-hydrogen) atoms. The molecule has 2 saturated heterocycles. The van der Waals surface area contributed by atoms with Gasteiger partial charge in [0.15, 0.2) is 12.2 Å². The van der Waals surface area contributed by atoms with Crippen LogP contribution in [-0.2, 0) is 9.47 Å². The lowest BCUT2D eigenvalue weighted by molar-refractivity contribution is -0.0540. The van der Waals surface area contributed by atoms with Gasteiger partial charge in [-0.15, -0.1) is 0 Å². The number of esters is 2. The molecule has 2 aromatic carbocycles. The van der Waals surface area contributed by atoms with Crippen LogP contribution in [0.15, 0.2) is 60.7 Å². The van der Waals surface area contributed by atoms with E-state index in [0.29, 0.717) is 28.9 Å². The molecule has 5 nitrogen and oxygen atoms in total. The Bertz CT molecular complexity index is 826. The van der Waals surface area contributed by atoms with Crippen molar-refractivity contribution in [2.24, 2.45) is 17.8 Å². The molecular formula is C24H25NO4. The van der Waals surface area contributed by atoms with Gasteiger partial charge in [-0.05, 0) is 54.9 Å². The van der Waals surface area contributed by atoms with Crippen LogP contribution in [0.3, 0.4) is 0 Å². The molecule has 0 spiro atoms. The van der Waals surface area contributed by atoms with E-state index in [2.05, 4.69) is 12.2 Å². The summed E-state index contributed by atoms with van der Waals surface area (Å²) in [5, 5.41) is 3.61. The Morgan fingerprint density at radius 1 is 0.759 bits per heavy atom. The van der Waals surface area contributed by atoms with Crippen molar-refractivity contribution in [3.63, 3.8) is 0 Å². The zero-order chi connectivity index (χ0) is 20.0. The number of nitrogens with one attached hydrogen (secondary N) is 1. The number of carbonyl (C=O) groups is 2. The molecule has 2 heterocycles. The first kappa shape index (κ1) is 18.4. The molecule has 2 aliphatic heterocycles. The third kappa shape index (κ3) is 3.23. The summed E-state index contributed by atoms with van der Waals surface area (Å²) in [7, 11) is 0. The molecule has 1 aliphatic carbocycles. The number of hydrogen-bond acceptors (Lipinski definition) is 5. The third-order valence-corrected chi connectivity index (χ3v) is 6.74. The monoisotopic (exact) mass is 391 g/mol. The van der Waals surface area contributed by atoms with Crippen LogP contribution in [0.1, 0.15) is 40.5 Å². The van der Waals surface area contributed by atoms with Crippen molar-refractivity contribution in [3.8, 4) is 0 Å². The largest absolute Gasteiger partial charge is 0.453 e. The van der Waals surface area contributed by atoms with E-state index < -0.39 is 12.2 Å². The molecule has 2 aromatic rings. The Balaban J connectivity index is 1.39. The molecule has 2 bridgehead atoms. The number of hydrogen-bond donors (Lipinski definition) is 1. The fourth-order valence-corrected chi connectivity index (χ4v) is 5.57. The van der Waals surface area contributed by atoms with Crippen molar-refractivity contribution in [3.05, 3.63) is 71.8 Å². The fourth-order valence-electron chi connectivity index (χ4n) is 5.57. The zero-order valence-corrected chi connectivity index (χ0v) is 16.4. The molecule has 3 aliphatic rings. The molecule has 6 unspecified atom stereocenters. The predicted octanol–water partition coefficient (Wildman–Crippen LogP) is 3.45. The van der Waals surface area contributed by atoms with Crippen molar-refractivity contribution >= 4 is 11.9 Å². The van der Waals surface area contributed by atoms with Gasteiger partial charge in [-0.25, -0.2) is 9.59 Å². The van der Waals surface area contributed by atoms with Gasteiger partial charge in [0.2, 0.25) is 0 Å². The fraction of sp³-hybridized carbons (Fsp3) is 0.417. The van der Waals surface area contributed by atoms with Crippen LogP contribution in [0.4, 0.5) is 0 Å². The number of benzene rings is 2. The average molecular weight is 391 g/mol. The highest BCUT2D eigenvalue weighted by atomic mass is 16.6. The van der Waals surface area contributed by atoms with Crippen LogP contribution in [-0.4, -0.2) is 36.2 Å². The van der Waals surface area contributed by atoms with Crippen molar-refractivity contribution in [2.75, 3.05) is 0 Å². The summed E-state index contributed by atoms with van der Waals surface area (Å²) in [6.07, 6.45) is 1.31. The number of carbonyl (C=O) groups excluding carboxylic acids is 2. The highest BCUT2D eigenvalue weighted by Crippen LogP contribution is 2.51. The standard InChI is InChI=1S/C24H25NO4/c1-14-12-17-18(13-14)20-22(29-24(27)16-10-6-3-7-11-16)21(19(17)25-20)28-23(26)15-8-4-2-5-9-15/h2-11,14,17-22,25H,12-13H2,1H3. The number of ether oxygens (including phenoxy) is 2. The van der Waals surface area contributed by atoms with Crippen molar-refractivity contribution < 1.29 is 19.1 Å². The van der Waals surface area contributed by atoms with Gasteiger partial charge >= 0.3 is 11.9 Å². The van der Waals surface area contributed by atoms with Crippen LogP contribution >= 0.6 is 0 Å². The van der Waals surface area contributed by atoms with Gasteiger partial charge in [-0.1, -0.05) is 43.3 Å². The molecule has 1 N–H and O–H groups in total. The summed E-state index contributed by atoms with van der Waals surface area (Å²) >= 11 is 0.